The Kier molecular flexibility index (Phi) is 3.82. The average molecular weight is 398 g/mol. The van der Waals surface area contributed by atoms with Gasteiger partial charge in [0.2, 0.25) is 0 Å². The van der Waals surface area contributed by atoms with E-state index in [1.165, 1.54) is 16.0 Å². The van der Waals surface area contributed by atoms with Crippen molar-refractivity contribution in [2.45, 2.75) is 6.42 Å². The topological polar surface area (TPSA) is 82.3 Å². The van der Waals surface area contributed by atoms with E-state index in [9.17, 15) is 0 Å². The summed E-state index contributed by atoms with van der Waals surface area (Å²) < 4.78 is 0. The van der Waals surface area contributed by atoms with E-state index in [-0.39, 0.29) is 0 Å². The number of hydrogen-bond donors (Lipinski definition) is 3. The van der Waals surface area contributed by atoms with Crippen molar-refractivity contribution in [2.24, 2.45) is 0 Å². The van der Waals surface area contributed by atoms with Crippen LogP contribution in [0.5, 0.6) is 0 Å². The SMILES string of the molecule is C1=C(c2ccc3[nH]nc(-c4cc5c(-c6cccs6)ccnc5[nH]4)c3n2)CCNC1. The minimum atomic E-state index is 0.825. The van der Waals surface area contributed by atoms with Gasteiger partial charge >= 0.3 is 0 Å². The number of nitrogens with one attached hydrogen (secondary N) is 3. The molecule has 3 N–H and O–H groups in total. The van der Waals surface area contributed by atoms with Gasteiger partial charge in [-0.3, -0.25) is 5.10 Å². The summed E-state index contributed by atoms with van der Waals surface area (Å²) in [7, 11) is 0. The molecule has 1 aliphatic rings. The summed E-state index contributed by atoms with van der Waals surface area (Å²) in [5.41, 5.74) is 7.92. The maximum atomic E-state index is 4.95. The Balaban J connectivity index is 1.50. The van der Waals surface area contributed by atoms with Crippen molar-refractivity contribution in [3.8, 4) is 21.8 Å². The molecule has 6 heterocycles. The van der Waals surface area contributed by atoms with Crippen LogP contribution in [0.2, 0.25) is 0 Å². The molecule has 5 aromatic rings. The maximum absolute atomic E-state index is 4.95. The fraction of sp³-hybridized carbons (Fsp3) is 0.136. The van der Waals surface area contributed by atoms with Crippen molar-refractivity contribution in [1.82, 2.24) is 30.5 Å². The Hall–Kier alpha value is -3.29. The number of thiophene rings is 1. The first-order valence-corrected chi connectivity index (χ1v) is 10.5. The highest BCUT2D eigenvalue weighted by molar-refractivity contribution is 7.13. The van der Waals surface area contributed by atoms with Crippen LogP contribution in [0.25, 0.3) is 49.5 Å². The monoisotopic (exact) mass is 398 g/mol. The third-order valence-corrected chi connectivity index (χ3v) is 6.28. The third kappa shape index (κ3) is 2.78. The largest absolute Gasteiger partial charge is 0.338 e. The molecule has 29 heavy (non-hydrogen) atoms. The van der Waals surface area contributed by atoms with Gasteiger partial charge in [0, 0.05) is 28.6 Å². The van der Waals surface area contributed by atoms with Crippen molar-refractivity contribution < 1.29 is 0 Å². The first-order valence-electron chi connectivity index (χ1n) is 9.64. The van der Waals surface area contributed by atoms with Crippen LogP contribution in [0.15, 0.2) is 54.1 Å². The summed E-state index contributed by atoms with van der Waals surface area (Å²) in [4.78, 5) is 14.1. The Bertz CT molecular complexity index is 1360. The Morgan fingerprint density at radius 3 is 2.97 bits per heavy atom. The molecule has 0 amide bonds. The Morgan fingerprint density at radius 2 is 2.10 bits per heavy atom. The second kappa shape index (κ2) is 6.65. The lowest BCUT2D eigenvalue weighted by atomic mass is 10.0. The quantitative estimate of drug-likeness (QED) is 0.415. The van der Waals surface area contributed by atoms with Gasteiger partial charge in [-0.15, -0.1) is 11.3 Å². The molecule has 0 spiro atoms. The summed E-state index contributed by atoms with van der Waals surface area (Å²) in [5.74, 6) is 0. The fourth-order valence-corrected chi connectivity index (χ4v) is 4.69. The van der Waals surface area contributed by atoms with Crippen LogP contribution in [-0.4, -0.2) is 38.2 Å². The van der Waals surface area contributed by atoms with Crippen LogP contribution in [0.4, 0.5) is 0 Å². The van der Waals surface area contributed by atoms with Crippen LogP contribution >= 0.6 is 11.3 Å². The van der Waals surface area contributed by atoms with Gasteiger partial charge in [0.15, 0.2) is 0 Å². The normalized spacial score (nSPS) is 14.6. The lowest BCUT2D eigenvalue weighted by molar-refractivity contribution is 0.737. The molecule has 0 saturated carbocycles. The molecule has 5 aromatic heterocycles. The molecule has 1 aliphatic heterocycles. The first kappa shape index (κ1) is 16.6. The number of aromatic amines is 2. The molecule has 0 aromatic carbocycles. The van der Waals surface area contributed by atoms with Crippen LogP contribution in [0, 0.1) is 0 Å². The molecular formula is C22H18N6S. The molecule has 0 unspecified atom stereocenters. The number of aromatic nitrogens is 5. The van der Waals surface area contributed by atoms with Crippen LogP contribution in [-0.2, 0) is 0 Å². The fourth-order valence-electron chi connectivity index (χ4n) is 3.92. The van der Waals surface area contributed by atoms with Crippen molar-refractivity contribution in [3.63, 3.8) is 0 Å². The first-order chi connectivity index (χ1) is 14.4. The molecule has 142 valence electrons. The second-order valence-corrected chi connectivity index (χ2v) is 8.08. The van der Waals surface area contributed by atoms with E-state index >= 15 is 0 Å². The number of pyridine rings is 2. The van der Waals surface area contributed by atoms with Gasteiger partial charge in [0.1, 0.15) is 16.9 Å². The number of H-pyrrole nitrogens is 2. The van der Waals surface area contributed by atoms with Crippen molar-refractivity contribution in [2.75, 3.05) is 13.1 Å². The van der Waals surface area contributed by atoms with Gasteiger partial charge in [0.25, 0.3) is 0 Å². The maximum Gasteiger partial charge on any atom is 0.138 e. The lowest BCUT2D eigenvalue weighted by Crippen LogP contribution is -2.20. The standard InChI is InChI=1S/C22H18N6S/c1-2-19(29-11-1)14-7-10-24-22-15(14)12-18(26-22)21-20-17(27-28-21)4-3-16(25-20)13-5-8-23-9-6-13/h1-5,7,10-12,23H,6,8-9H2,(H,24,26)(H,27,28). The van der Waals surface area contributed by atoms with E-state index in [4.69, 9.17) is 4.98 Å². The van der Waals surface area contributed by atoms with Gasteiger partial charge in [-0.1, -0.05) is 12.1 Å². The molecule has 0 fully saturated rings. The van der Waals surface area contributed by atoms with Gasteiger partial charge in [0.05, 0.1) is 16.9 Å². The number of fused-ring (bicyclic) bond motifs is 2. The molecule has 0 aliphatic carbocycles. The zero-order valence-electron chi connectivity index (χ0n) is 15.6. The molecule has 0 saturated heterocycles. The zero-order chi connectivity index (χ0) is 19.2. The van der Waals surface area contributed by atoms with Crippen molar-refractivity contribution in [3.05, 3.63) is 59.7 Å². The molecular weight excluding hydrogens is 380 g/mol. The van der Waals surface area contributed by atoms with E-state index in [1.807, 2.05) is 6.20 Å². The van der Waals surface area contributed by atoms with Crippen LogP contribution < -0.4 is 5.32 Å². The summed E-state index contributed by atoms with van der Waals surface area (Å²) in [6.45, 7) is 1.88. The predicted octanol–water partition coefficient (Wildman–Crippen LogP) is 4.61. The third-order valence-electron chi connectivity index (χ3n) is 5.37. The van der Waals surface area contributed by atoms with Gasteiger partial charge < -0.3 is 10.3 Å². The average Bonchev–Trinajstić information content (AvgIpc) is 3.52. The minimum Gasteiger partial charge on any atom is -0.338 e. The lowest BCUT2D eigenvalue weighted by Gasteiger charge is -2.13. The Morgan fingerprint density at radius 1 is 1.10 bits per heavy atom. The smallest absolute Gasteiger partial charge is 0.138 e. The van der Waals surface area contributed by atoms with E-state index in [0.29, 0.717) is 0 Å². The molecule has 7 heteroatoms. The number of hydrogen-bond acceptors (Lipinski definition) is 5. The van der Waals surface area contributed by atoms with E-state index < -0.39 is 0 Å². The van der Waals surface area contributed by atoms with Crippen LogP contribution in [0.1, 0.15) is 12.1 Å². The number of rotatable bonds is 3. The number of nitrogens with zero attached hydrogens (tertiary/aromatic N) is 3. The zero-order valence-corrected chi connectivity index (χ0v) is 16.4. The summed E-state index contributed by atoms with van der Waals surface area (Å²) >= 11 is 1.73. The van der Waals surface area contributed by atoms with E-state index in [2.05, 4.69) is 73.3 Å². The molecule has 0 atom stereocenters. The van der Waals surface area contributed by atoms with E-state index in [1.54, 1.807) is 11.3 Å². The molecule has 6 nitrogen and oxygen atoms in total. The summed E-state index contributed by atoms with van der Waals surface area (Å²) in [5, 5.41) is 14.2. The van der Waals surface area contributed by atoms with Gasteiger partial charge in [-0.25, -0.2) is 9.97 Å². The minimum absolute atomic E-state index is 0.825. The predicted molar refractivity (Wildman–Crippen MR) is 118 cm³/mol. The molecule has 0 bridgehead atoms. The summed E-state index contributed by atoms with van der Waals surface area (Å²) in [6.07, 6.45) is 5.06. The Labute approximate surface area is 170 Å². The molecule has 6 rings (SSSR count). The van der Waals surface area contributed by atoms with Crippen molar-refractivity contribution >= 4 is 39.0 Å². The van der Waals surface area contributed by atoms with Crippen molar-refractivity contribution in [1.29, 1.82) is 0 Å². The highest BCUT2D eigenvalue weighted by atomic mass is 32.1. The second-order valence-electron chi connectivity index (χ2n) is 7.13. The van der Waals surface area contributed by atoms with Gasteiger partial charge in [-0.2, -0.15) is 5.10 Å². The van der Waals surface area contributed by atoms with Crippen LogP contribution in [0.3, 0.4) is 0 Å². The molecule has 0 radical (unpaired) electrons. The summed E-state index contributed by atoms with van der Waals surface area (Å²) in [6, 6.07) is 12.5. The highest BCUT2D eigenvalue weighted by Crippen LogP contribution is 2.34. The van der Waals surface area contributed by atoms with Gasteiger partial charge in [-0.05, 0) is 54.3 Å². The van der Waals surface area contributed by atoms with E-state index in [0.717, 1.165) is 58.7 Å². The highest BCUT2D eigenvalue weighted by Gasteiger charge is 2.16.